The van der Waals surface area contributed by atoms with Crippen molar-refractivity contribution in [3.63, 3.8) is 0 Å². The predicted octanol–water partition coefficient (Wildman–Crippen LogP) is 4.53. The molecule has 1 heterocycles. The molecule has 1 saturated carbocycles. The Morgan fingerprint density at radius 2 is 1.88 bits per heavy atom. The molecule has 2 aromatic rings. The van der Waals surface area contributed by atoms with Gasteiger partial charge in [-0.1, -0.05) is 43.5 Å². The summed E-state index contributed by atoms with van der Waals surface area (Å²) in [4.78, 5) is 29.5. The molecule has 0 saturated heterocycles. The first-order valence-corrected chi connectivity index (χ1v) is 11.4. The van der Waals surface area contributed by atoms with Gasteiger partial charge in [0.2, 0.25) is 5.91 Å². The summed E-state index contributed by atoms with van der Waals surface area (Å²) in [6.45, 7) is 2.90. The molecular weight excluding hydrogens is 404 g/mol. The minimum atomic E-state index is -0.552. The van der Waals surface area contributed by atoms with Gasteiger partial charge in [0.1, 0.15) is 5.75 Å². The Balaban J connectivity index is 1.81. The lowest BCUT2D eigenvalue weighted by Gasteiger charge is -2.53. The largest absolute Gasteiger partial charge is 0.495 e. The fraction of sp³-hybridized carbons (Fsp3) is 0.462. The number of anilines is 1. The number of nitrogens with zero attached hydrogens (tertiary/aromatic N) is 1. The molecule has 1 spiro atoms. The SMILES string of the molecule is COCCN1C(=O)c2ccccc2[C@@H](C(=O)Nc2cc(C)ccc2OC)C12CCCCC2. The second kappa shape index (κ2) is 9.33. The Hall–Kier alpha value is -2.86. The third-order valence-corrected chi connectivity index (χ3v) is 6.94. The number of nitrogens with one attached hydrogen (secondary N) is 1. The van der Waals surface area contributed by atoms with Crippen molar-refractivity contribution in [2.75, 3.05) is 32.7 Å². The minimum absolute atomic E-state index is 0.00302. The van der Waals surface area contributed by atoms with Gasteiger partial charge in [-0.25, -0.2) is 0 Å². The first-order chi connectivity index (χ1) is 15.5. The van der Waals surface area contributed by atoms with Crippen LogP contribution in [0.1, 0.15) is 59.5 Å². The van der Waals surface area contributed by atoms with Crippen LogP contribution in [0.25, 0.3) is 0 Å². The number of hydrogen-bond donors (Lipinski definition) is 1. The molecule has 0 bridgehead atoms. The molecule has 2 amide bonds. The molecule has 1 aliphatic heterocycles. The van der Waals surface area contributed by atoms with Crippen molar-refractivity contribution in [3.8, 4) is 5.75 Å². The number of hydrogen-bond acceptors (Lipinski definition) is 4. The maximum atomic E-state index is 14.0. The minimum Gasteiger partial charge on any atom is -0.495 e. The molecule has 1 atom stereocenters. The zero-order chi connectivity index (χ0) is 22.7. The third-order valence-electron chi connectivity index (χ3n) is 6.94. The highest BCUT2D eigenvalue weighted by Crippen LogP contribution is 2.49. The highest BCUT2D eigenvalue weighted by Gasteiger charge is 2.54. The highest BCUT2D eigenvalue weighted by atomic mass is 16.5. The number of carbonyl (C=O) groups excluding carboxylic acids is 2. The summed E-state index contributed by atoms with van der Waals surface area (Å²) in [7, 11) is 3.24. The van der Waals surface area contributed by atoms with Crippen LogP contribution in [0.3, 0.4) is 0 Å². The Labute approximate surface area is 189 Å². The van der Waals surface area contributed by atoms with Crippen LogP contribution in [-0.2, 0) is 9.53 Å². The van der Waals surface area contributed by atoms with Gasteiger partial charge in [0.05, 0.1) is 30.9 Å². The summed E-state index contributed by atoms with van der Waals surface area (Å²) < 4.78 is 10.8. The predicted molar refractivity (Wildman–Crippen MR) is 124 cm³/mol. The molecule has 1 N–H and O–H groups in total. The monoisotopic (exact) mass is 436 g/mol. The lowest BCUT2D eigenvalue weighted by atomic mass is 9.65. The van der Waals surface area contributed by atoms with E-state index in [-0.39, 0.29) is 11.8 Å². The molecule has 0 unspecified atom stereocenters. The average Bonchev–Trinajstić information content (AvgIpc) is 2.80. The second-order valence-corrected chi connectivity index (χ2v) is 8.83. The highest BCUT2D eigenvalue weighted by molar-refractivity contribution is 6.05. The number of aryl methyl sites for hydroxylation is 1. The molecule has 32 heavy (non-hydrogen) atoms. The van der Waals surface area contributed by atoms with Crippen molar-refractivity contribution in [2.45, 2.75) is 50.5 Å². The quantitative estimate of drug-likeness (QED) is 0.722. The van der Waals surface area contributed by atoms with Crippen molar-refractivity contribution >= 4 is 17.5 Å². The third kappa shape index (κ3) is 3.88. The summed E-state index contributed by atoms with van der Waals surface area (Å²) in [6, 6.07) is 13.3. The van der Waals surface area contributed by atoms with E-state index < -0.39 is 11.5 Å². The smallest absolute Gasteiger partial charge is 0.254 e. The van der Waals surface area contributed by atoms with Crippen molar-refractivity contribution < 1.29 is 19.1 Å². The first kappa shape index (κ1) is 22.3. The van der Waals surface area contributed by atoms with Gasteiger partial charge in [-0.3, -0.25) is 9.59 Å². The van der Waals surface area contributed by atoms with Crippen LogP contribution in [-0.4, -0.2) is 49.6 Å². The number of ether oxygens (including phenoxy) is 2. The van der Waals surface area contributed by atoms with Crippen LogP contribution in [0, 0.1) is 6.92 Å². The van der Waals surface area contributed by atoms with Gasteiger partial charge < -0.3 is 19.7 Å². The number of benzene rings is 2. The normalized spacial score (nSPS) is 19.5. The Bertz CT molecular complexity index is 997. The first-order valence-electron chi connectivity index (χ1n) is 11.4. The van der Waals surface area contributed by atoms with Crippen molar-refractivity contribution in [1.82, 2.24) is 4.90 Å². The number of amides is 2. The number of methoxy groups -OCH3 is 2. The van der Waals surface area contributed by atoms with Crippen LogP contribution in [0.4, 0.5) is 5.69 Å². The molecule has 0 aromatic heterocycles. The van der Waals surface area contributed by atoms with Gasteiger partial charge >= 0.3 is 0 Å². The topological polar surface area (TPSA) is 67.9 Å². The van der Waals surface area contributed by atoms with Gasteiger partial charge in [-0.2, -0.15) is 0 Å². The zero-order valence-electron chi connectivity index (χ0n) is 19.1. The molecule has 4 rings (SSSR count). The van der Waals surface area contributed by atoms with Gasteiger partial charge in [0.25, 0.3) is 5.91 Å². The molecule has 1 aliphatic carbocycles. The maximum Gasteiger partial charge on any atom is 0.254 e. The van der Waals surface area contributed by atoms with Crippen LogP contribution in [0.2, 0.25) is 0 Å². The van der Waals surface area contributed by atoms with Crippen LogP contribution >= 0.6 is 0 Å². The Kier molecular flexibility index (Phi) is 6.51. The van der Waals surface area contributed by atoms with E-state index >= 15 is 0 Å². The fourth-order valence-electron chi connectivity index (χ4n) is 5.48. The van der Waals surface area contributed by atoms with E-state index in [1.54, 1.807) is 14.2 Å². The van der Waals surface area contributed by atoms with E-state index in [9.17, 15) is 9.59 Å². The lowest BCUT2D eigenvalue weighted by Crippen LogP contribution is -2.62. The summed E-state index contributed by atoms with van der Waals surface area (Å²) in [5.41, 5.74) is 2.56. The maximum absolute atomic E-state index is 14.0. The summed E-state index contributed by atoms with van der Waals surface area (Å²) >= 11 is 0. The molecule has 170 valence electrons. The zero-order valence-corrected chi connectivity index (χ0v) is 19.1. The van der Waals surface area contributed by atoms with Gasteiger partial charge in [0, 0.05) is 19.2 Å². The van der Waals surface area contributed by atoms with Crippen molar-refractivity contribution in [1.29, 1.82) is 0 Å². The molecule has 6 nitrogen and oxygen atoms in total. The van der Waals surface area contributed by atoms with Gasteiger partial charge in [-0.15, -0.1) is 0 Å². The average molecular weight is 437 g/mol. The fourth-order valence-corrected chi connectivity index (χ4v) is 5.48. The van der Waals surface area contributed by atoms with E-state index in [0.29, 0.717) is 30.2 Å². The van der Waals surface area contributed by atoms with E-state index in [4.69, 9.17) is 9.47 Å². The van der Waals surface area contributed by atoms with Gasteiger partial charge in [-0.05, 0) is 49.1 Å². The number of carbonyl (C=O) groups is 2. The molecule has 6 heteroatoms. The van der Waals surface area contributed by atoms with Crippen LogP contribution < -0.4 is 10.1 Å². The molecule has 1 fully saturated rings. The second-order valence-electron chi connectivity index (χ2n) is 8.83. The van der Waals surface area contributed by atoms with Crippen molar-refractivity contribution in [3.05, 3.63) is 59.2 Å². The van der Waals surface area contributed by atoms with Crippen molar-refractivity contribution in [2.24, 2.45) is 0 Å². The summed E-state index contributed by atoms with van der Waals surface area (Å²) in [6.07, 6.45) is 4.72. The molecule has 0 radical (unpaired) electrons. The summed E-state index contributed by atoms with van der Waals surface area (Å²) in [5.74, 6) is 0.0618. The number of fused-ring (bicyclic) bond motifs is 1. The number of rotatable bonds is 6. The standard InChI is InChI=1S/C26H32N2O4/c1-18-11-12-22(32-3)21(17-18)27-24(29)23-19-9-5-6-10-20(19)25(30)28(15-16-31-2)26(23)13-7-4-8-14-26/h5-6,9-12,17,23H,4,7-8,13-16H2,1-3H3,(H,27,29)/t23-/m0/s1. The molecule has 2 aromatic carbocycles. The van der Waals surface area contributed by atoms with E-state index in [0.717, 1.165) is 43.2 Å². The van der Waals surface area contributed by atoms with Crippen LogP contribution in [0.5, 0.6) is 5.75 Å². The Morgan fingerprint density at radius 3 is 2.59 bits per heavy atom. The van der Waals surface area contributed by atoms with E-state index in [1.807, 2.05) is 54.3 Å². The van der Waals surface area contributed by atoms with E-state index in [1.165, 1.54) is 0 Å². The van der Waals surface area contributed by atoms with Gasteiger partial charge in [0.15, 0.2) is 0 Å². The lowest BCUT2D eigenvalue weighted by molar-refractivity contribution is -0.122. The molecular formula is C26H32N2O4. The Morgan fingerprint density at radius 1 is 1.12 bits per heavy atom. The molecule has 2 aliphatic rings. The summed E-state index contributed by atoms with van der Waals surface area (Å²) in [5, 5.41) is 3.14. The van der Waals surface area contributed by atoms with E-state index in [2.05, 4.69) is 5.32 Å². The van der Waals surface area contributed by atoms with Crippen LogP contribution in [0.15, 0.2) is 42.5 Å².